The van der Waals surface area contributed by atoms with Gasteiger partial charge < -0.3 is 4.74 Å². The van der Waals surface area contributed by atoms with Crippen LogP contribution < -0.4 is 0 Å². The molecule has 0 saturated carbocycles. The van der Waals surface area contributed by atoms with Gasteiger partial charge in [0.25, 0.3) is 0 Å². The predicted molar refractivity (Wildman–Crippen MR) is 56.1 cm³/mol. The number of hydrogen-bond donors (Lipinski definition) is 0. The predicted octanol–water partition coefficient (Wildman–Crippen LogP) is 3.31. The van der Waals surface area contributed by atoms with Crippen LogP contribution in [0.1, 0.15) is 31.1 Å². The van der Waals surface area contributed by atoms with Crippen molar-refractivity contribution in [3.63, 3.8) is 0 Å². The van der Waals surface area contributed by atoms with Crippen LogP contribution >= 0.6 is 0 Å². The summed E-state index contributed by atoms with van der Waals surface area (Å²) in [5.41, 5.74) is -0.891. The zero-order valence-corrected chi connectivity index (χ0v) is 9.81. The van der Waals surface area contributed by atoms with Crippen molar-refractivity contribution >= 4 is 5.97 Å². The zero-order valence-electron chi connectivity index (χ0n) is 9.81. The van der Waals surface area contributed by atoms with Crippen LogP contribution in [-0.4, -0.2) is 12.6 Å². The van der Waals surface area contributed by atoms with Crippen molar-refractivity contribution in [2.75, 3.05) is 6.61 Å². The molecule has 0 N–H and O–H groups in total. The van der Waals surface area contributed by atoms with Crippen molar-refractivity contribution in [3.8, 4) is 0 Å². The lowest BCUT2D eigenvalue weighted by molar-refractivity contribution is 0.0360. The van der Waals surface area contributed by atoms with E-state index in [1.807, 2.05) is 20.8 Å². The number of ether oxygens (including phenoxy) is 1. The molecule has 0 radical (unpaired) electrons. The third-order valence-corrected chi connectivity index (χ3v) is 1.89. The van der Waals surface area contributed by atoms with Gasteiger partial charge in [-0.15, -0.1) is 0 Å². The smallest absolute Gasteiger partial charge is 0.341 e. The van der Waals surface area contributed by atoms with Gasteiger partial charge in [-0.25, -0.2) is 18.0 Å². The van der Waals surface area contributed by atoms with Gasteiger partial charge in [0.1, 0.15) is 0 Å². The van der Waals surface area contributed by atoms with Gasteiger partial charge in [-0.3, -0.25) is 0 Å². The minimum absolute atomic E-state index is 0.0598. The van der Waals surface area contributed by atoms with E-state index in [1.54, 1.807) is 0 Å². The molecule has 1 aromatic carbocycles. The van der Waals surface area contributed by atoms with E-state index >= 15 is 0 Å². The molecule has 0 aromatic heterocycles. The molecular weight excluding hydrogens is 233 g/mol. The Morgan fingerprint density at radius 2 is 1.76 bits per heavy atom. The first kappa shape index (κ1) is 13.5. The van der Waals surface area contributed by atoms with Crippen molar-refractivity contribution in [2.45, 2.75) is 20.8 Å². The Balaban J connectivity index is 2.87. The van der Waals surface area contributed by atoms with Crippen molar-refractivity contribution < 1.29 is 22.7 Å². The van der Waals surface area contributed by atoms with Crippen LogP contribution in [0.25, 0.3) is 0 Å². The summed E-state index contributed by atoms with van der Waals surface area (Å²) in [5.74, 6) is -5.54. The molecule has 0 spiro atoms. The van der Waals surface area contributed by atoms with Crippen molar-refractivity contribution in [2.24, 2.45) is 5.41 Å². The fourth-order valence-corrected chi connectivity index (χ4v) is 1.04. The number of carbonyl (C=O) groups is 1. The largest absolute Gasteiger partial charge is 0.461 e. The first-order valence-corrected chi connectivity index (χ1v) is 5.03. The number of hydrogen-bond acceptors (Lipinski definition) is 2. The summed E-state index contributed by atoms with van der Waals surface area (Å²) >= 11 is 0. The third-order valence-electron chi connectivity index (χ3n) is 1.89. The second-order valence-corrected chi connectivity index (χ2v) is 4.86. The summed E-state index contributed by atoms with van der Waals surface area (Å²) in [5, 5.41) is 0. The average Bonchev–Trinajstić information content (AvgIpc) is 2.22. The van der Waals surface area contributed by atoms with E-state index in [9.17, 15) is 18.0 Å². The van der Waals surface area contributed by atoms with Gasteiger partial charge in [-0.1, -0.05) is 20.8 Å². The number of benzene rings is 1. The summed E-state index contributed by atoms with van der Waals surface area (Å²) in [6.07, 6.45) is 0. The van der Waals surface area contributed by atoms with E-state index in [0.717, 1.165) is 6.07 Å². The van der Waals surface area contributed by atoms with Crippen molar-refractivity contribution in [3.05, 3.63) is 35.1 Å². The van der Waals surface area contributed by atoms with E-state index in [1.165, 1.54) is 0 Å². The van der Waals surface area contributed by atoms with E-state index in [4.69, 9.17) is 4.74 Å². The minimum Gasteiger partial charge on any atom is -0.461 e. The highest BCUT2D eigenvalue weighted by molar-refractivity contribution is 5.89. The van der Waals surface area contributed by atoms with E-state index in [0.29, 0.717) is 6.07 Å². The van der Waals surface area contributed by atoms with Crippen LogP contribution in [0.2, 0.25) is 0 Å². The molecular formula is C12H13F3O2. The van der Waals surface area contributed by atoms with Crippen molar-refractivity contribution in [1.82, 2.24) is 0 Å². The Bertz CT molecular complexity index is 436. The molecule has 0 heterocycles. The first-order chi connectivity index (χ1) is 7.72. The molecule has 5 heteroatoms. The lowest BCUT2D eigenvalue weighted by atomic mass is 9.99. The normalized spacial score (nSPS) is 11.4. The van der Waals surface area contributed by atoms with Gasteiger partial charge in [0.05, 0.1) is 12.2 Å². The average molecular weight is 246 g/mol. The topological polar surface area (TPSA) is 26.3 Å². The lowest BCUT2D eigenvalue weighted by Crippen LogP contribution is -2.19. The van der Waals surface area contributed by atoms with Gasteiger partial charge in [0, 0.05) is 0 Å². The summed E-state index contributed by atoms with van der Waals surface area (Å²) in [6, 6.07) is 1.55. The maximum Gasteiger partial charge on any atom is 0.341 e. The molecule has 1 rings (SSSR count). The van der Waals surface area contributed by atoms with E-state index in [-0.39, 0.29) is 12.0 Å². The van der Waals surface area contributed by atoms with Crippen LogP contribution in [0.15, 0.2) is 12.1 Å². The van der Waals surface area contributed by atoms with Crippen molar-refractivity contribution in [1.29, 1.82) is 0 Å². The summed E-state index contributed by atoms with van der Waals surface area (Å²) in [7, 11) is 0. The molecule has 0 atom stereocenters. The van der Waals surface area contributed by atoms with Crippen LogP contribution in [0.3, 0.4) is 0 Å². The van der Waals surface area contributed by atoms with Gasteiger partial charge in [-0.2, -0.15) is 0 Å². The summed E-state index contributed by atoms with van der Waals surface area (Å²) in [4.78, 5) is 11.4. The van der Waals surface area contributed by atoms with Crippen LogP contribution in [0.4, 0.5) is 13.2 Å². The second-order valence-electron chi connectivity index (χ2n) is 4.86. The third kappa shape index (κ3) is 3.47. The maximum absolute atomic E-state index is 13.2. The molecule has 0 amide bonds. The number of esters is 1. The fraction of sp³-hybridized carbons (Fsp3) is 0.417. The summed E-state index contributed by atoms with van der Waals surface area (Å²) < 4.78 is 43.5. The molecule has 0 bridgehead atoms. The summed E-state index contributed by atoms with van der Waals surface area (Å²) in [6.45, 7) is 5.52. The van der Waals surface area contributed by atoms with E-state index < -0.39 is 29.0 Å². The minimum atomic E-state index is -1.67. The molecule has 94 valence electrons. The Morgan fingerprint density at radius 1 is 1.18 bits per heavy atom. The van der Waals surface area contributed by atoms with Crippen LogP contribution in [0.5, 0.6) is 0 Å². The van der Waals surface area contributed by atoms with Gasteiger partial charge in [0.2, 0.25) is 0 Å². The van der Waals surface area contributed by atoms with E-state index in [2.05, 4.69) is 0 Å². The zero-order chi connectivity index (χ0) is 13.2. The Morgan fingerprint density at radius 3 is 2.29 bits per heavy atom. The second kappa shape index (κ2) is 4.77. The van der Waals surface area contributed by atoms with Crippen LogP contribution in [0, 0.1) is 22.9 Å². The number of halogens is 3. The molecule has 0 aliphatic rings. The Labute approximate surface area is 97.4 Å². The molecule has 17 heavy (non-hydrogen) atoms. The molecule has 0 unspecified atom stereocenters. The molecule has 0 fully saturated rings. The molecule has 0 saturated heterocycles. The van der Waals surface area contributed by atoms with Gasteiger partial charge >= 0.3 is 5.97 Å². The highest BCUT2D eigenvalue weighted by Gasteiger charge is 2.21. The standard InChI is InChI=1S/C12H13F3O2/c1-12(2,3)6-17-11(16)7-4-5-8(13)10(15)9(7)14/h4-5H,6H2,1-3H3. The first-order valence-electron chi connectivity index (χ1n) is 5.03. The van der Waals surface area contributed by atoms with Gasteiger partial charge in [-0.05, 0) is 17.5 Å². The highest BCUT2D eigenvalue weighted by atomic mass is 19.2. The SMILES string of the molecule is CC(C)(C)COC(=O)c1ccc(F)c(F)c1F. The molecule has 0 aliphatic carbocycles. The molecule has 2 nitrogen and oxygen atoms in total. The van der Waals surface area contributed by atoms with Gasteiger partial charge in [0.15, 0.2) is 17.5 Å². The maximum atomic E-state index is 13.2. The quantitative estimate of drug-likeness (QED) is 0.591. The lowest BCUT2D eigenvalue weighted by Gasteiger charge is -2.17. The number of carbonyl (C=O) groups excluding carboxylic acids is 1. The fourth-order valence-electron chi connectivity index (χ4n) is 1.04. The monoisotopic (exact) mass is 246 g/mol. The Kier molecular flexibility index (Phi) is 3.80. The Hall–Kier alpha value is -1.52. The molecule has 1 aromatic rings. The van der Waals surface area contributed by atoms with Crippen LogP contribution in [-0.2, 0) is 4.74 Å². The molecule has 0 aliphatic heterocycles. The highest BCUT2D eigenvalue weighted by Crippen LogP contribution is 2.18. The number of rotatable bonds is 2.